The van der Waals surface area contributed by atoms with Crippen LogP contribution in [0, 0.1) is 5.41 Å². The van der Waals surface area contributed by atoms with E-state index in [1.54, 1.807) is 0 Å². The minimum absolute atomic E-state index is 0.208. The van der Waals surface area contributed by atoms with E-state index in [2.05, 4.69) is 39.6 Å². The Morgan fingerprint density at radius 1 is 1.31 bits per heavy atom. The van der Waals surface area contributed by atoms with E-state index in [0.29, 0.717) is 18.0 Å². The molecule has 0 aromatic rings. The lowest BCUT2D eigenvalue weighted by atomic mass is 9.87. The fraction of sp³-hybridized carbons (Fsp3) is 1.00. The van der Waals surface area contributed by atoms with Crippen LogP contribution in [0.25, 0.3) is 0 Å². The molecule has 0 aromatic heterocycles. The Balaban J connectivity index is 4.00. The first-order valence-electron chi connectivity index (χ1n) is 6.34. The van der Waals surface area contributed by atoms with E-state index < -0.39 is 0 Å². The van der Waals surface area contributed by atoms with Crippen molar-refractivity contribution in [2.75, 3.05) is 26.7 Å². The quantitative estimate of drug-likeness (QED) is 0.728. The van der Waals surface area contributed by atoms with Crippen LogP contribution in [-0.4, -0.2) is 43.8 Å². The third kappa shape index (κ3) is 5.83. The van der Waals surface area contributed by atoms with Crippen LogP contribution in [0.5, 0.6) is 0 Å². The van der Waals surface area contributed by atoms with Gasteiger partial charge < -0.3 is 15.4 Å². The van der Waals surface area contributed by atoms with Crippen molar-refractivity contribution in [2.24, 2.45) is 11.1 Å². The Hall–Kier alpha value is -0.120. The SMILES string of the molecule is CCOC(CN)CCN(C)C(C)C(C)(C)C. The maximum absolute atomic E-state index is 5.66. The molecule has 0 aliphatic heterocycles. The first-order valence-corrected chi connectivity index (χ1v) is 6.34. The maximum atomic E-state index is 5.66. The summed E-state index contributed by atoms with van der Waals surface area (Å²) in [6, 6.07) is 0.563. The highest BCUT2D eigenvalue weighted by molar-refractivity contribution is 4.78. The van der Waals surface area contributed by atoms with Gasteiger partial charge in [0.1, 0.15) is 0 Å². The van der Waals surface area contributed by atoms with Crippen LogP contribution in [-0.2, 0) is 4.74 Å². The van der Waals surface area contributed by atoms with Crippen LogP contribution in [0.4, 0.5) is 0 Å². The highest BCUT2D eigenvalue weighted by Gasteiger charge is 2.23. The molecule has 3 nitrogen and oxygen atoms in total. The summed E-state index contributed by atoms with van der Waals surface area (Å²) < 4.78 is 5.56. The van der Waals surface area contributed by atoms with Gasteiger partial charge in [-0.15, -0.1) is 0 Å². The number of hydrogen-bond acceptors (Lipinski definition) is 3. The van der Waals surface area contributed by atoms with Crippen molar-refractivity contribution < 1.29 is 4.74 Å². The Morgan fingerprint density at radius 2 is 1.88 bits per heavy atom. The number of nitrogens with zero attached hydrogens (tertiary/aromatic N) is 1. The predicted molar refractivity (Wildman–Crippen MR) is 70.6 cm³/mol. The Kier molecular flexibility index (Phi) is 7.20. The minimum Gasteiger partial charge on any atom is -0.377 e. The molecule has 0 radical (unpaired) electrons. The van der Waals surface area contributed by atoms with Gasteiger partial charge in [-0.1, -0.05) is 20.8 Å². The molecule has 0 aromatic carbocycles. The molecule has 0 saturated carbocycles. The molecule has 2 unspecified atom stereocenters. The van der Waals surface area contributed by atoms with Crippen LogP contribution >= 0.6 is 0 Å². The molecule has 2 N–H and O–H groups in total. The summed E-state index contributed by atoms with van der Waals surface area (Å²) in [6.45, 7) is 13.5. The largest absolute Gasteiger partial charge is 0.377 e. The van der Waals surface area contributed by atoms with Gasteiger partial charge >= 0.3 is 0 Å². The third-order valence-electron chi connectivity index (χ3n) is 3.38. The van der Waals surface area contributed by atoms with E-state index in [1.165, 1.54) is 0 Å². The Labute approximate surface area is 101 Å². The predicted octanol–water partition coefficient (Wildman–Crippen LogP) is 2.11. The van der Waals surface area contributed by atoms with Gasteiger partial charge in [-0.2, -0.15) is 0 Å². The zero-order valence-corrected chi connectivity index (χ0v) is 11.9. The lowest BCUT2D eigenvalue weighted by Gasteiger charge is -2.36. The first-order chi connectivity index (χ1) is 7.32. The lowest BCUT2D eigenvalue weighted by molar-refractivity contribution is 0.0465. The smallest absolute Gasteiger partial charge is 0.0709 e. The van der Waals surface area contributed by atoms with Gasteiger partial charge in [-0.25, -0.2) is 0 Å². The van der Waals surface area contributed by atoms with Crippen LogP contribution in [0.1, 0.15) is 41.0 Å². The molecule has 0 aliphatic rings. The van der Waals surface area contributed by atoms with E-state index in [9.17, 15) is 0 Å². The van der Waals surface area contributed by atoms with Crippen molar-refractivity contribution in [1.82, 2.24) is 4.90 Å². The summed E-state index contributed by atoms with van der Waals surface area (Å²) in [4.78, 5) is 2.39. The lowest BCUT2D eigenvalue weighted by Crippen LogP contribution is -2.41. The zero-order valence-electron chi connectivity index (χ0n) is 11.9. The first kappa shape index (κ1) is 15.9. The highest BCUT2D eigenvalue weighted by Crippen LogP contribution is 2.23. The molecule has 2 atom stereocenters. The van der Waals surface area contributed by atoms with Crippen LogP contribution < -0.4 is 5.73 Å². The summed E-state index contributed by atoms with van der Waals surface area (Å²) in [7, 11) is 2.18. The van der Waals surface area contributed by atoms with Crippen molar-refractivity contribution >= 4 is 0 Å². The monoisotopic (exact) mass is 230 g/mol. The number of hydrogen-bond donors (Lipinski definition) is 1. The molecule has 0 amide bonds. The summed E-state index contributed by atoms with van der Waals surface area (Å²) in [5.74, 6) is 0. The van der Waals surface area contributed by atoms with Gasteiger partial charge in [0.25, 0.3) is 0 Å². The molecule has 16 heavy (non-hydrogen) atoms. The van der Waals surface area contributed by atoms with Gasteiger partial charge in [0.05, 0.1) is 6.10 Å². The van der Waals surface area contributed by atoms with E-state index in [1.807, 2.05) is 6.92 Å². The normalized spacial score (nSPS) is 16.5. The van der Waals surface area contributed by atoms with Gasteiger partial charge in [-0.05, 0) is 32.7 Å². The molecule has 0 saturated heterocycles. The zero-order chi connectivity index (χ0) is 12.8. The van der Waals surface area contributed by atoms with Crippen molar-refractivity contribution in [1.29, 1.82) is 0 Å². The molecule has 0 fully saturated rings. The summed E-state index contributed by atoms with van der Waals surface area (Å²) in [5, 5.41) is 0. The molecule has 0 spiro atoms. The van der Waals surface area contributed by atoms with E-state index in [4.69, 9.17) is 10.5 Å². The summed E-state index contributed by atoms with van der Waals surface area (Å²) in [5.41, 5.74) is 5.98. The number of nitrogens with two attached hydrogens (primary N) is 1. The molecular weight excluding hydrogens is 200 g/mol. The molecule has 0 rings (SSSR count). The standard InChI is InChI=1S/C13H30N2O/c1-7-16-12(10-14)8-9-15(6)11(2)13(3,4)5/h11-12H,7-10,14H2,1-6H3. The molecule has 3 heteroatoms. The molecule has 0 bridgehead atoms. The summed E-state index contributed by atoms with van der Waals surface area (Å²) in [6.07, 6.45) is 1.22. The van der Waals surface area contributed by atoms with Crippen LogP contribution in [0.2, 0.25) is 0 Å². The van der Waals surface area contributed by atoms with Crippen LogP contribution in [0.3, 0.4) is 0 Å². The Morgan fingerprint density at radius 3 is 2.25 bits per heavy atom. The number of ether oxygens (including phenoxy) is 1. The van der Waals surface area contributed by atoms with Gasteiger partial charge in [-0.3, -0.25) is 0 Å². The topological polar surface area (TPSA) is 38.5 Å². The second-order valence-corrected chi connectivity index (χ2v) is 5.62. The minimum atomic E-state index is 0.208. The average molecular weight is 230 g/mol. The van der Waals surface area contributed by atoms with E-state index in [-0.39, 0.29) is 6.10 Å². The van der Waals surface area contributed by atoms with Crippen LogP contribution in [0.15, 0.2) is 0 Å². The highest BCUT2D eigenvalue weighted by atomic mass is 16.5. The molecule has 98 valence electrons. The van der Waals surface area contributed by atoms with E-state index in [0.717, 1.165) is 19.6 Å². The number of rotatable bonds is 7. The second-order valence-electron chi connectivity index (χ2n) is 5.62. The van der Waals surface area contributed by atoms with E-state index >= 15 is 0 Å². The molecular formula is C13H30N2O. The van der Waals surface area contributed by atoms with Crippen molar-refractivity contribution in [3.05, 3.63) is 0 Å². The van der Waals surface area contributed by atoms with Crippen molar-refractivity contribution in [3.8, 4) is 0 Å². The van der Waals surface area contributed by atoms with Gasteiger partial charge in [0.15, 0.2) is 0 Å². The summed E-state index contributed by atoms with van der Waals surface area (Å²) >= 11 is 0. The molecule has 0 aliphatic carbocycles. The average Bonchev–Trinajstić information content (AvgIpc) is 2.21. The second kappa shape index (κ2) is 7.25. The fourth-order valence-corrected chi connectivity index (χ4v) is 1.71. The molecule has 0 heterocycles. The Bertz CT molecular complexity index is 177. The van der Waals surface area contributed by atoms with Crippen molar-refractivity contribution in [3.63, 3.8) is 0 Å². The third-order valence-corrected chi connectivity index (χ3v) is 3.38. The van der Waals surface area contributed by atoms with Gasteiger partial charge in [0.2, 0.25) is 0 Å². The fourth-order valence-electron chi connectivity index (χ4n) is 1.71. The van der Waals surface area contributed by atoms with Gasteiger partial charge in [0, 0.05) is 25.7 Å². The van der Waals surface area contributed by atoms with Crippen molar-refractivity contribution in [2.45, 2.75) is 53.2 Å². The maximum Gasteiger partial charge on any atom is 0.0709 e.